The molecule has 84 valence electrons. The van der Waals surface area contributed by atoms with Gasteiger partial charge in [-0.3, -0.25) is 14.5 Å². The van der Waals surface area contributed by atoms with E-state index >= 15 is 0 Å². The summed E-state index contributed by atoms with van der Waals surface area (Å²) in [5, 5.41) is 0. The minimum atomic E-state index is -0.569. The van der Waals surface area contributed by atoms with Gasteiger partial charge in [-0.25, -0.2) is 0 Å². The highest BCUT2D eigenvalue weighted by Gasteiger charge is 2.45. The molecule has 0 unspecified atom stereocenters. The fraction of sp³-hybridized carbons (Fsp3) is 0.333. The number of hydrogen-bond acceptors (Lipinski definition) is 2. The normalized spacial score (nSPS) is 19.3. The van der Waals surface area contributed by atoms with Gasteiger partial charge in [-0.1, -0.05) is 13.8 Å². The summed E-state index contributed by atoms with van der Waals surface area (Å²) >= 11 is 2.19. The van der Waals surface area contributed by atoms with Crippen molar-refractivity contribution in [3.8, 4) is 0 Å². The molecule has 2 rings (SSSR count). The van der Waals surface area contributed by atoms with Gasteiger partial charge in [0.05, 0.1) is 11.1 Å². The molecule has 4 heteroatoms. The minimum Gasteiger partial charge on any atom is -0.274 e. The van der Waals surface area contributed by atoms with Crippen LogP contribution in [-0.4, -0.2) is 11.8 Å². The fourth-order valence-corrected chi connectivity index (χ4v) is 2.16. The van der Waals surface area contributed by atoms with E-state index in [1.54, 1.807) is 26.0 Å². The number of carbonyl (C=O) groups is 2. The first kappa shape index (κ1) is 11.6. The summed E-state index contributed by atoms with van der Waals surface area (Å²) in [6.07, 6.45) is 0.290. The number of amides is 2. The molecule has 16 heavy (non-hydrogen) atoms. The van der Waals surface area contributed by atoms with Crippen LogP contribution in [0.5, 0.6) is 0 Å². The van der Waals surface area contributed by atoms with E-state index < -0.39 is 5.41 Å². The molecule has 1 heterocycles. The largest absolute Gasteiger partial charge is 0.274 e. The number of nitrogens with zero attached hydrogens (tertiary/aromatic N) is 1. The number of carbonyl (C=O) groups excluding carboxylic acids is 2. The predicted molar refractivity (Wildman–Crippen MR) is 70.1 cm³/mol. The van der Waals surface area contributed by atoms with E-state index in [1.807, 2.05) is 12.1 Å². The van der Waals surface area contributed by atoms with Gasteiger partial charge in [-0.05, 0) is 46.9 Å². The Labute approximate surface area is 108 Å². The van der Waals surface area contributed by atoms with E-state index in [-0.39, 0.29) is 18.2 Å². The Morgan fingerprint density at radius 3 is 2.19 bits per heavy atom. The van der Waals surface area contributed by atoms with E-state index in [0.717, 1.165) is 3.57 Å². The van der Waals surface area contributed by atoms with E-state index in [1.165, 1.54) is 4.90 Å². The van der Waals surface area contributed by atoms with Crippen molar-refractivity contribution in [2.24, 2.45) is 5.41 Å². The molecule has 0 atom stereocenters. The molecule has 1 fully saturated rings. The second-order valence-corrected chi connectivity index (χ2v) is 5.82. The van der Waals surface area contributed by atoms with Crippen LogP contribution in [-0.2, 0) is 9.59 Å². The fourth-order valence-electron chi connectivity index (χ4n) is 1.80. The molecule has 3 nitrogen and oxygen atoms in total. The Bertz CT molecular complexity index is 451. The molecule has 1 aromatic rings. The third kappa shape index (κ3) is 1.86. The summed E-state index contributed by atoms with van der Waals surface area (Å²) in [4.78, 5) is 25.1. The van der Waals surface area contributed by atoms with Crippen molar-refractivity contribution < 1.29 is 9.59 Å². The van der Waals surface area contributed by atoms with E-state index in [9.17, 15) is 9.59 Å². The second kappa shape index (κ2) is 3.84. The Balaban J connectivity index is 2.39. The quantitative estimate of drug-likeness (QED) is 0.587. The Hall–Kier alpha value is -0.910. The van der Waals surface area contributed by atoms with Gasteiger partial charge in [0.25, 0.3) is 0 Å². The molecule has 0 saturated carbocycles. The zero-order chi connectivity index (χ0) is 11.9. The van der Waals surface area contributed by atoms with Crippen molar-refractivity contribution in [1.82, 2.24) is 0 Å². The van der Waals surface area contributed by atoms with Crippen LogP contribution in [0.3, 0.4) is 0 Å². The van der Waals surface area contributed by atoms with E-state index in [2.05, 4.69) is 22.6 Å². The zero-order valence-corrected chi connectivity index (χ0v) is 11.3. The number of rotatable bonds is 1. The van der Waals surface area contributed by atoms with Gasteiger partial charge in [0.2, 0.25) is 11.8 Å². The number of anilines is 1. The van der Waals surface area contributed by atoms with Gasteiger partial charge in [0, 0.05) is 9.99 Å². The number of imide groups is 1. The highest BCUT2D eigenvalue weighted by molar-refractivity contribution is 14.1. The Morgan fingerprint density at radius 1 is 1.19 bits per heavy atom. The Morgan fingerprint density at radius 2 is 1.75 bits per heavy atom. The molecule has 0 bridgehead atoms. The maximum Gasteiger partial charge on any atom is 0.239 e. The van der Waals surface area contributed by atoms with Crippen LogP contribution in [0, 0.1) is 8.99 Å². The van der Waals surface area contributed by atoms with Crippen molar-refractivity contribution in [3.05, 3.63) is 27.8 Å². The average molecular weight is 329 g/mol. The molecule has 0 N–H and O–H groups in total. The van der Waals surface area contributed by atoms with Gasteiger partial charge in [0.15, 0.2) is 0 Å². The second-order valence-electron chi connectivity index (χ2n) is 4.57. The van der Waals surface area contributed by atoms with E-state index in [4.69, 9.17) is 0 Å². The Kier molecular flexibility index (Phi) is 2.77. The van der Waals surface area contributed by atoms with Crippen LogP contribution in [0.15, 0.2) is 24.3 Å². The molecule has 0 aliphatic carbocycles. The smallest absolute Gasteiger partial charge is 0.239 e. The zero-order valence-electron chi connectivity index (χ0n) is 9.16. The molecule has 0 aromatic heterocycles. The van der Waals surface area contributed by atoms with Crippen LogP contribution in [0.1, 0.15) is 20.3 Å². The standard InChI is InChI=1S/C12H12INO2/c1-12(2)7-10(15)14(11(12)16)9-5-3-8(13)4-6-9/h3-6H,7H2,1-2H3. The van der Waals surface area contributed by atoms with Crippen molar-refractivity contribution >= 4 is 40.1 Å². The molecular weight excluding hydrogens is 317 g/mol. The monoisotopic (exact) mass is 329 g/mol. The maximum atomic E-state index is 12.0. The first-order chi connectivity index (χ1) is 7.42. The first-order valence-electron chi connectivity index (χ1n) is 5.05. The van der Waals surface area contributed by atoms with Gasteiger partial charge < -0.3 is 0 Å². The van der Waals surface area contributed by atoms with Crippen molar-refractivity contribution in [2.75, 3.05) is 4.90 Å². The van der Waals surface area contributed by atoms with E-state index in [0.29, 0.717) is 5.69 Å². The van der Waals surface area contributed by atoms with Crippen LogP contribution >= 0.6 is 22.6 Å². The number of hydrogen-bond donors (Lipinski definition) is 0. The minimum absolute atomic E-state index is 0.112. The van der Waals surface area contributed by atoms with Gasteiger partial charge in [0.1, 0.15) is 0 Å². The van der Waals surface area contributed by atoms with Crippen LogP contribution < -0.4 is 4.90 Å². The highest BCUT2D eigenvalue weighted by atomic mass is 127. The van der Waals surface area contributed by atoms with Crippen LogP contribution in [0.25, 0.3) is 0 Å². The predicted octanol–water partition coefficient (Wildman–Crippen LogP) is 2.58. The first-order valence-corrected chi connectivity index (χ1v) is 6.13. The summed E-state index contributed by atoms with van der Waals surface area (Å²) in [5.41, 5.74) is 0.0982. The third-order valence-corrected chi connectivity index (χ3v) is 3.43. The third-order valence-electron chi connectivity index (χ3n) is 2.71. The summed E-state index contributed by atoms with van der Waals surface area (Å²) in [6.45, 7) is 3.61. The maximum absolute atomic E-state index is 12.0. The lowest BCUT2D eigenvalue weighted by molar-refractivity contribution is -0.124. The molecular formula is C12H12INO2. The molecule has 0 spiro atoms. The van der Waals surface area contributed by atoms with Crippen molar-refractivity contribution in [1.29, 1.82) is 0 Å². The molecule has 1 aromatic carbocycles. The lowest BCUT2D eigenvalue weighted by atomic mass is 9.92. The summed E-state index contributed by atoms with van der Waals surface area (Å²) in [5.74, 6) is -0.227. The lowest BCUT2D eigenvalue weighted by Gasteiger charge is -2.17. The van der Waals surface area contributed by atoms with Gasteiger partial charge >= 0.3 is 0 Å². The topological polar surface area (TPSA) is 37.4 Å². The average Bonchev–Trinajstić information content (AvgIpc) is 2.39. The summed E-state index contributed by atoms with van der Waals surface area (Å²) in [6, 6.07) is 7.39. The molecule has 0 radical (unpaired) electrons. The van der Waals surface area contributed by atoms with Crippen molar-refractivity contribution in [3.63, 3.8) is 0 Å². The van der Waals surface area contributed by atoms with Gasteiger partial charge in [-0.15, -0.1) is 0 Å². The number of halogens is 1. The van der Waals surface area contributed by atoms with Crippen molar-refractivity contribution in [2.45, 2.75) is 20.3 Å². The van der Waals surface area contributed by atoms with Crippen LogP contribution in [0.2, 0.25) is 0 Å². The summed E-state index contributed by atoms with van der Waals surface area (Å²) < 4.78 is 1.08. The lowest BCUT2D eigenvalue weighted by Crippen LogP contribution is -2.32. The number of benzene rings is 1. The van der Waals surface area contributed by atoms with Crippen LogP contribution in [0.4, 0.5) is 5.69 Å². The molecule has 1 aliphatic rings. The highest BCUT2D eigenvalue weighted by Crippen LogP contribution is 2.34. The molecule has 1 aliphatic heterocycles. The molecule has 1 saturated heterocycles. The van der Waals surface area contributed by atoms with Gasteiger partial charge in [-0.2, -0.15) is 0 Å². The molecule has 2 amide bonds. The SMILES string of the molecule is CC1(C)CC(=O)N(c2ccc(I)cc2)C1=O. The summed E-state index contributed by atoms with van der Waals surface area (Å²) in [7, 11) is 0.